The van der Waals surface area contributed by atoms with Crippen molar-refractivity contribution in [2.75, 3.05) is 5.32 Å². The molecule has 1 N–H and O–H groups in total. The molecule has 1 aromatic carbocycles. The average molecular weight is 321 g/mol. The Morgan fingerprint density at radius 2 is 1.83 bits per heavy atom. The summed E-state index contributed by atoms with van der Waals surface area (Å²) in [6.45, 7) is 2.26. The number of hydrogen-bond acceptors (Lipinski definition) is 4. The normalized spacial score (nSPS) is 17.0. The van der Waals surface area contributed by atoms with Crippen LogP contribution in [-0.4, -0.2) is 16.2 Å². The molecule has 1 atom stereocenters. The van der Waals surface area contributed by atoms with Crippen molar-refractivity contribution in [1.29, 1.82) is 0 Å². The van der Waals surface area contributed by atoms with Crippen LogP contribution >= 0.6 is 0 Å². The Labute approximate surface area is 142 Å². The molecule has 1 aliphatic rings. The predicted octanol–water partition coefficient (Wildman–Crippen LogP) is 5.27. The van der Waals surface area contributed by atoms with Gasteiger partial charge in [0.25, 0.3) is 0 Å². The summed E-state index contributed by atoms with van der Waals surface area (Å²) in [6, 6.07) is 12.4. The number of anilines is 1. The zero-order chi connectivity index (χ0) is 16.4. The fourth-order valence-electron chi connectivity index (χ4n) is 3.74. The molecule has 2 aromatic heterocycles. The Morgan fingerprint density at radius 1 is 1.04 bits per heavy atom. The maximum atomic E-state index is 5.73. The molecule has 1 saturated carbocycles. The Balaban J connectivity index is 1.64. The highest BCUT2D eigenvalue weighted by Crippen LogP contribution is 2.32. The van der Waals surface area contributed by atoms with E-state index in [0.717, 1.165) is 34.0 Å². The summed E-state index contributed by atoms with van der Waals surface area (Å²) in [5.74, 6) is 1.55. The van der Waals surface area contributed by atoms with E-state index in [2.05, 4.69) is 22.4 Å². The molecule has 0 amide bonds. The van der Waals surface area contributed by atoms with Crippen LogP contribution in [0.3, 0.4) is 0 Å². The molecule has 0 radical (unpaired) electrons. The molecule has 0 saturated heterocycles. The van der Waals surface area contributed by atoms with E-state index >= 15 is 0 Å². The first-order chi connectivity index (χ1) is 11.8. The molecule has 0 aliphatic heterocycles. The second kappa shape index (κ2) is 6.63. The maximum absolute atomic E-state index is 5.73. The van der Waals surface area contributed by atoms with E-state index < -0.39 is 0 Å². The van der Waals surface area contributed by atoms with Gasteiger partial charge in [0.2, 0.25) is 0 Å². The third-order valence-corrected chi connectivity index (χ3v) is 5.15. The second-order valence-electron chi connectivity index (χ2n) is 6.76. The van der Waals surface area contributed by atoms with Crippen LogP contribution in [-0.2, 0) is 0 Å². The standard InChI is InChI=1S/C20H23N3O/c1-14(15-8-4-2-5-9-15)21-20-17-12-13-24-19(17)18(22-23-20)16-10-6-3-7-11-16/h3,6-7,10-15H,2,4-5,8-9H2,1H3,(H,21,23). The molecule has 1 unspecified atom stereocenters. The minimum Gasteiger partial charge on any atom is -0.462 e. The highest BCUT2D eigenvalue weighted by atomic mass is 16.3. The van der Waals surface area contributed by atoms with Gasteiger partial charge in [-0.3, -0.25) is 0 Å². The molecule has 1 aliphatic carbocycles. The van der Waals surface area contributed by atoms with E-state index in [9.17, 15) is 0 Å². The largest absolute Gasteiger partial charge is 0.462 e. The van der Waals surface area contributed by atoms with Gasteiger partial charge in [-0.25, -0.2) is 0 Å². The van der Waals surface area contributed by atoms with Crippen LogP contribution < -0.4 is 5.32 Å². The lowest BCUT2D eigenvalue weighted by atomic mass is 9.84. The SMILES string of the molecule is CC(Nc1nnc(-c2ccccc2)c2occc12)C1CCCCC1. The first-order valence-electron chi connectivity index (χ1n) is 8.89. The van der Waals surface area contributed by atoms with Crippen LogP contribution in [0.15, 0.2) is 47.1 Å². The van der Waals surface area contributed by atoms with Crippen molar-refractivity contribution < 1.29 is 4.42 Å². The van der Waals surface area contributed by atoms with Gasteiger partial charge in [-0.05, 0) is 31.7 Å². The smallest absolute Gasteiger partial charge is 0.165 e. The van der Waals surface area contributed by atoms with E-state index in [4.69, 9.17) is 4.42 Å². The minimum absolute atomic E-state index is 0.403. The summed E-state index contributed by atoms with van der Waals surface area (Å²) in [5.41, 5.74) is 2.62. The van der Waals surface area contributed by atoms with Crippen molar-refractivity contribution in [2.24, 2.45) is 5.92 Å². The van der Waals surface area contributed by atoms with E-state index in [-0.39, 0.29) is 0 Å². The molecule has 4 heteroatoms. The third kappa shape index (κ3) is 2.88. The molecule has 24 heavy (non-hydrogen) atoms. The van der Waals surface area contributed by atoms with Crippen LogP contribution in [0.2, 0.25) is 0 Å². The first-order valence-corrected chi connectivity index (χ1v) is 8.89. The van der Waals surface area contributed by atoms with Gasteiger partial charge in [-0.15, -0.1) is 10.2 Å². The van der Waals surface area contributed by atoms with Gasteiger partial charge in [-0.1, -0.05) is 49.6 Å². The predicted molar refractivity (Wildman–Crippen MR) is 96.9 cm³/mol. The number of rotatable bonds is 4. The molecule has 3 aromatic rings. The summed E-state index contributed by atoms with van der Waals surface area (Å²) in [4.78, 5) is 0. The van der Waals surface area contributed by atoms with E-state index in [0.29, 0.717) is 6.04 Å². The van der Waals surface area contributed by atoms with Crippen molar-refractivity contribution in [3.8, 4) is 11.3 Å². The lowest BCUT2D eigenvalue weighted by Crippen LogP contribution is -2.28. The average Bonchev–Trinajstić information content (AvgIpc) is 3.13. The molecule has 0 spiro atoms. The number of nitrogens with one attached hydrogen (secondary N) is 1. The zero-order valence-electron chi connectivity index (χ0n) is 14.0. The lowest BCUT2D eigenvalue weighted by molar-refractivity contribution is 0.328. The van der Waals surface area contributed by atoms with Crippen LogP contribution in [0.4, 0.5) is 5.82 Å². The fourth-order valence-corrected chi connectivity index (χ4v) is 3.74. The summed E-state index contributed by atoms with van der Waals surface area (Å²) in [7, 11) is 0. The quantitative estimate of drug-likeness (QED) is 0.711. The van der Waals surface area contributed by atoms with E-state index in [1.807, 2.05) is 36.4 Å². The zero-order valence-corrected chi connectivity index (χ0v) is 14.0. The molecule has 4 rings (SSSR count). The highest BCUT2D eigenvalue weighted by Gasteiger charge is 2.22. The van der Waals surface area contributed by atoms with Crippen molar-refractivity contribution in [2.45, 2.75) is 45.1 Å². The molecule has 1 fully saturated rings. The van der Waals surface area contributed by atoms with E-state index in [1.54, 1.807) is 6.26 Å². The number of fused-ring (bicyclic) bond motifs is 1. The maximum Gasteiger partial charge on any atom is 0.165 e. The third-order valence-electron chi connectivity index (χ3n) is 5.15. The van der Waals surface area contributed by atoms with Crippen LogP contribution in [0.1, 0.15) is 39.0 Å². The highest BCUT2D eigenvalue weighted by molar-refractivity contribution is 5.96. The van der Waals surface area contributed by atoms with Gasteiger partial charge in [-0.2, -0.15) is 0 Å². The summed E-state index contributed by atoms with van der Waals surface area (Å²) in [5, 5.41) is 13.5. The number of hydrogen-bond donors (Lipinski definition) is 1. The first kappa shape index (κ1) is 15.2. The molecular formula is C20H23N3O. The molecule has 4 nitrogen and oxygen atoms in total. The number of aromatic nitrogens is 2. The Kier molecular flexibility index (Phi) is 4.20. The van der Waals surface area contributed by atoms with E-state index in [1.165, 1.54) is 32.1 Å². The Morgan fingerprint density at radius 3 is 2.62 bits per heavy atom. The van der Waals surface area contributed by atoms with Gasteiger partial charge in [0.15, 0.2) is 11.4 Å². The summed E-state index contributed by atoms with van der Waals surface area (Å²) >= 11 is 0. The monoisotopic (exact) mass is 321 g/mol. The molecule has 124 valence electrons. The summed E-state index contributed by atoms with van der Waals surface area (Å²) in [6.07, 6.45) is 8.39. The number of nitrogens with zero attached hydrogens (tertiary/aromatic N) is 2. The second-order valence-corrected chi connectivity index (χ2v) is 6.76. The van der Waals surface area contributed by atoms with Gasteiger partial charge >= 0.3 is 0 Å². The molecule has 0 bridgehead atoms. The molecular weight excluding hydrogens is 298 g/mol. The molecule has 2 heterocycles. The van der Waals surface area contributed by atoms with Crippen LogP contribution in [0.25, 0.3) is 22.2 Å². The minimum atomic E-state index is 0.403. The fraction of sp³-hybridized carbons (Fsp3) is 0.400. The topological polar surface area (TPSA) is 51.0 Å². The van der Waals surface area contributed by atoms with Crippen molar-refractivity contribution in [3.63, 3.8) is 0 Å². The van der Waals surface area contributed by atoms with Gasteiger partial charge in [0, 0.05) is 11.6 Å². The number of benzene rings is 1. The van der Waals surface area contributed by atoms with Gasteiger partial charge < -0.3 is 9.73 Å². The lowest BCUT2D eigenvalue weighted by Gasteiger charge is -2.28. The van der Waals surface area contributed by atoms with Gasteiger partial charge in [0.1, 0.15) is 5.69 Å². The Bertz CT molecular complexity index is 806. The van der Waals surface area contributed by atoms with Crippen molar-refractivity contribution in [3.05, 3.63) is 42.7 Å². The van der Waals surface area contributed by atoms with Crippen molar-refractivity contribution >= 4 is 16.8 Å². The Hall–Kier alpha value is -2.36. The van der Waals surface area contributed by atoms with Crippen LogP contribution in [0.5, 0.6) is 0 Å². The van der Waals surface area contributed by atoms with Crippen molar-refractivity contribution in [1.82, 2.24) is 10.2 Å². The summed E-state index contributed by atoms with van der Waals surface area (Å²) < 4.78 is 5.73. The van der Waals surface area contributed by atoms with Crippen LogP contribution in [0, 0.1) is 5.92 Å². The number of furan rings is 1. The van der Waals surface area contributed by atoms with Gasteiger partial charge in [0.05, 0.1) is 11.6 Å².